The average Bonchev–Trinajstić information content (AvgIpc) is 2.58. The summed E-state index contributed by atoms with van der Waals surface area (Å²) in [6, 6.07) is 8.26. The number of rotatable bonds is 5. The van der Waals surface area contributed by atoms with Gasteiger partial charge in [-0.1, -0.05) is 12.1 Å². The quantitative estimate of drug-likeness (QED) is 0.818. The second-order valence-electron chi connectivity index (χ2n) is 5.47. The first kappa shape index (κ1) is 16.0. The lowest BCUT2D eigenvalue weighted by Crippen LogP contribution is -2.37. The van der Waals surface area contributed by atoms with Gasteiger partial charge in [0.2, 0.25) is 5.28 Å². The lowest BCUT2D eigenvalue weighted by molar-refractivity contribution is 0.0384. The van der Waals surface area contributed by atoms with Crippen molar-refractivity contribution in [1.29, 1.82) is 0 Å². The maximum atomic E-state index is 5.84. The van der Waals surface area contributed by atoms with E-state index in [1.165, 1.54) is 11.8 Å². The third-order valence-corrected chi connectivity index (χ3v) is 4.01. The number of ether oxygens (including phenoxy) is 1. The number of nitrogens with two attached hydrogens (primary N) is 1. The Balaban J connectivity index is 1.57. The first-order chi connectivity index (χ1) is 11.2. The van der Waals surface area contributed by atoms with Gasteiger partial charge >= 0.3 is 0 Å². The van der Waals surface area contributed by atoms with E-state index in [-0.39, 0.29) is 5.28 Å². The van der Waals surface area contributed by atoms with E-state index < -0.39 is 0 Å². The van der Waals surface area contributed by atoms with Crippen LogP contribution in [0.5, 0.6) is 0 Å². The van der Waals surface area contributed by atoms with Crippen LogP contribution in [-0.2, 0) is 11.2 Å². The number of nitrogen functional groups attached to an aromatic ring is 1. The van der Waals surface area contributed by atoms with Crippen LogP contribution in [0.2, 0.25) is 5.28 Å². The van der Waals surface area contributed by atoms with Gasteiger partial charge < -0.3 is 15.8 Å². The zero-order chi connectivity index (χ0) is 16.1. The Bertz CT molecular complexity index is 643. The summed E-state index contributed by atoms with van der Waals surface area (Å²) in [7, 11) is 0. The number of anilines is 3. The van der Waals surface area contributed by atoms with Crippen LogP contribution in [-0.4, -0.2) is 47.7 Å². The minimum atomic E-state index is 0.170. The molecule has 1 aromatic carbocycles. The molecular formula is C16H20ClN5O. The summed E-state index contributed by atoms with van der Waals surface area (Å²) in [5, 5.41) is 3.33. The maximum absolute atomic E-state index is 5.84. The van der Waals surface area contributed by atoms with E-state index in [2.05, 4.69) is 32.3 Å². The molecule has 122 valence electrons. The molecule has 0 atom stereocenters. The minimum absolute atomic E-state index is 0.170. The molecular weight excluding hydrogens is 314 g/mol. The highest BCUT2D eigenvalue weighted by molar-refractivity contribution is 6.28. The molecule has 1 saturated heterocycles. The van der Waals surface area contributed by atoms with Crippen molar-refractivity contribution in [3.63, 3.8) is 0 Å². The molecule has 3 rings (SSSR count). The first-order valence-electron chi connectivity index (χ1n) is 7.65. The summed E-state index contributed by atoms with van der Waals surface area (Å²) in [5.41, 5.74) is 8.52. The van der Waals surface area contributed by atoms with Gasteiger partial charge in [0.05, 0.1) is 25.1 Å². The van der Waals surface area contributed by atoms with E-state index in [1.54, 1.807) is 0 Å². The molecule has 2 heterocycles. The number of aromatic nitrogens is 2. The second-order valence-corrected chi connectivity index (χ2v) is 5.81. The molecule has 7 heteroatoms. The summed E-state index contributed by atoms with van der Waals surface area (Å²) in [4.78, 5) is 10.4. The number of halogens is 1. The Labute approximate surface area is 140 Å². The molecule has 1 aliphatic rings. The lowest BCUT2D eigenvalue weighted by Gasteiger charge is -2.26. The Hall–Kier alpha value is -1.89. The monoisotopic (exact) mass is 333 g/mol. The summed E-state index contributed by atoms with van der Waals surface area (Å²) >= 11 is 5.79. The summed E-state index contributed by atoms with van der Waals surface area (Å²) in [5.74, 6) is 0.520. The van der Waals surface area contributed by atoms with Crippen molar-refractivity contribution in [2.75, 3.05) is 43.9 Å². The van der Waals surface area contributed by atoms with Crippen molar-refractivity contribution in [3.05, 3.63) is 41.3 Å². The SMILES string of the molecule is Nc1cnc(Cl)nc1Nc1ccc(CCN2CCOCC2)cc1. The fourth-order valence-electron chi connectivity index (χ4n) is 2.47. The molecule has 1 aromatic heterocycles. The molecule has 0 radical (unpaired) electrons. The van der Waals surface area contributed by atoms with Gasteiger partial charge in [-0.05, 0) is 35.7 Å². The topological polar surface area (TPSA) is 76.3 Å². The number of nitrogens with one attached hydrogen (secondary N) is 1. The van der Waals surface area contributed by atoms with Crippen LogP contribution in [0.15, 0.2) is 30.5 Å². The van der Waals surface area contributed by atoms with Gasteiger partial charge in [-0.2, -0.15) is 4.98 Å². The molecule has 0 unspecified atom stereocenters. The molecule has 0 amide bonds. The van der Waals surface area contributed by atoms with Gasteiger partial charge in [-0.3, -0.25) is 4.90 Å². The van der Waals surface area contributed by atoms with Crippen molar-refractivity contribution in [3.8, 4) is 0 Å². The molecule has 0 spiro atoms. The average molecular weight is 334 g/mol. The largest absolute Gasteiger partial charge is 0.394 e. The predicted molar refractivity (Wildman–Crippen MR) is 92.1 cm³/mol. The molecule has 3 N–H and O–H groups in total. The maximum Gasteiger partial charge on any atom is 0.224 e. The summed E-state index contributed by atoms with van der Waals surface area (Å²) in [6.07, 6.45) is 2.52. The van der Waals surface area contributed by atoms with Gasteiger partial charge in [0.1, 0.15) is 0 Å². The minimum Gasteiger partial charge on any atom is -0.394 e. The Kier molecular flexibility index (Phi) is 5.27. The van der Waals surface area contributed by atoms with Crippen LogP contribution in [0, 0.1) is 0 Å². The van der Waals surface area contributed by atoms with Gasteiger partial charge in [0, 0.05) is 25.3 Å². The molecule has 23 heavy (non-hydrogen) atoms. The van der Waals surface area contributed by atoms with Gasteiger partial charge in [0.25, 0.3) is 0 Å². The predicted octanol–water partition coefficient (Wildman–Crippen LogP) is 2.33. The van der Waals surface area contributed by atoms with Crippen LogP contribution in [0.3, 0.4) is 0 Å². The number of hydrogen-bond acceptors (Lipinski definition) is 6. The van der Waals surface area contributed by atoms with Gasteiger partial charge in [-0.15, -0.1) is 0 Å². The molecule has 6 nitrogen and oxygen atoms in total. The first-order valence-corrected chi connectivity index (χ1v) is 8.02. The van der Waals surface area contributed by atoms with E-state index in [9.17, 15) is 0 Å². The van der Waals surface area contributed by atoms with Gasteiger partial charge in [-0.25, -0.2) is 4.98 Å². The number of morpholine rings is 1. The zero-order valence-corrected chi connectivity index (χ0v) is 13.6. The van der Waals surface area contributed by atoms with Crippen LogP contribution in [0.4, 0.5) is 17.2 Å². The van der Waals surface area contributed by atoms with E-state index in [0.29, 0.717) is 11.5 Å². The normalized spacial score (nSPS) is 15.5. The molecule has 0 saturated carbocycles. The molecule has 1 aliphatic heterocycles. The van der Waals surface area contributed by atoms with E-state index in [1.807, 2.05) is 12.1 Å². The number of hydrogen-bond donors (Lipinski definition) is 2. The molecule has 1 fully saturated rings. The van der Waals surface area contributed by atoms with Crippen molar-refractivity contribution in [1.82, 2.24) is 14.9 Å². The third kappa shape index (κ3) is 4.54. The molecule has 0 aliphatic carbocycles. The van der Waals surface area contributed by atoms with Crippen LogP contribution >= 0.6 is 11.6 Å². The van der Waals surface area contributed by atoms with Gasteiger partial charge in [0.15, 0.2) is 5.82 Å². The fraction of sp³-hybridized carbons (Fsp3) is 0.375. The summed E-state index contributed by atoms with van der Waals surface area (Å²) < 4.78 is 5.36. The van der Waals surface area contributed by atoms with Crippen LogP contribution < -0.4 is 11.1 Å². The highest BCUT2D eigenvalue weighted by atomic mass is 35.5. The van der Waals surface area contributed by atoms with E-state index >= 15 is 0 Å². The Morgan fingerprint density at radius 1 is 1.22 bits per heavy atom. The number of benzene rings is 1. The van der Waals surface area contributed by atoms with Crippen LogP contribution in [0.1, 0.15) is 5.56 Å². The smallest absolute Gasteiger partial charge is 0.224 e. The van der Waals surface area contributed by atoms with Crippen molar-refractivity contribution in [2.24, 2.45) is 0 Å². The van der Waals surface area contributed by atoms with Crippen molar-refractivity contribution in [2.45, 2.75) is 6.42 Å². The fourth-order valence-corrected chi connectivity index (χ4v) is 2.61. The van der Waals surface area contributed by atoms with E-state index in [0.717, 1.165) is 45.0 Å². The second kappa shape index (κ2) is 7.59. The third-order valence-electron chi connectivity index (χ3n) is 3.82. The summed E-state index contributed by atoms with van der Waals surface area (Å²) in [6.45, 7) is 4.78. The number of nitrogens with zero attached hydrogens (tertiary/aromatic N) is 3. The molecule has 2 aromatic rings. The Morgan fingerprint density at radius 2 is 1.96 bits per heavy atom. The highest BCUT2D eigenvalue weighted by Gasteiger charge is 2.10. The van der Waals surface area contributed by atoms with Crippen molar-refractivity contribution >= 4 is 28.8 Å². The highest BCUT2D eigenvalue weighted by Crippen LogP contribution is 2.21. The lowest BCUT2D eigenvalue weighted by atomic mass is 10.1. The van der Waals surface area contributed by atoms with E-state index in [4.69, 9.17) is 22.1 Å². The van der Waals surface area contributed by atoms with Crippen molar-refractivity contribution < 1.29 is 4.74 Å². The standard InChI is InChI=1S/C16H20ClN5O/c17-16-19-11-14(18)15(21-16)20-13-3-1-12(2-4-13)5-6-22-7-9-23-10-8-22/h1-4,11H,5-10,18H2,(H,19,20,21). The molecule has 0 bridgehead atoms. The zero-order valence-electron chi connectivity index (χ0n) is 12.8. The Morgan fingerprint density at radius 3 is 2.70 bits per heavy atom. The van der Waals surface area contributed by atoms with Crippen LogP contribution in [0.25, 0.3) is 0 Å².